The quantitative estimate of drug-likeness (QED) is 0.0950. The Kier molecular flexibility index (Phi) is 8.19. The van der Waals surface area contributed by atoms with E-state index in [-0.39, 0.29) is 11.5 Å². The van der Waals surface area contributed by atoms with Crippen LogP contribution in [0.15, 0.2) is 107 Å². The molecular formula is C31H25ClN4O3S. The van der Waals surface area contributed by atoms with E-state index in [1.807, 2.05) is 42.5 Å². The summed E-state index contributed by atoms with van der Waals surface area (Å²) in [6.07, 6.45) is 3.20. The number of halogens is 1. The van der Waals surface area contributed by atoms with Crippen molar-refractivity contribution in [1.29, 1.82) is 0 Å². The standard InChI is InChI=1S/C31H25ClN4O3S/c1-39-24-14-15-25-28(18-24)35-31(36(30(25)38)23-6-4-5-22(32)17-23)40-19-21-11-9-20(10-12-21)13-16-29(37)34-27-8-3-2-7-26(27)33/h2-18H,19,33H2,1H3,(H,34,37)/b16-13+. The molecule has 9 heteroatoms. The zero-order valence-corrected chi connectivity index (χ0v) is 23.1. The Labute approximate surface area is 240 Å². The molecule has 0 aliphatic rings. The number of amides is 1. The van der Waals surface area contributed by atoms with Crippen LogP contribution in [-0.2, 0) is 10.5 Å². The van der Waals surface area contributed by atoms with Gasteiger partial charge in [0.25, 0.3) is 5.56 Å². The van der Waals surface area contributed by atoms with E-state index in [4.69, 9.17) is 27.1 Å². The predicted molar refractivity (Wildman–Crippen MR) is 163 cm³/mol. The summed E-state index contributed by atoms with van der Waals surface area (Å²) < 4.78 is 6.92. The highest BCUT2D eigenvalue weighted by atomic mass is 35.5. The minimum absolute atomic E-state index is 0.187. The van der Waals surface area contributed by atoms with E-state index in [2.05, 4.69) is 5.32 Å². The molecule has 0 saturated carbocycles. The Morgan fingerprint density at radius 2 is 1.85 bits per heavy atom. The van der Waals surface area contributed by atoms with Gasteiger partial charge >= 0.3 is 0 Å². The maximum absolute atomic E-state index is 13.6. The molecule has 5 rings (SSSR count). The van der Waals surface area contributed by atoms with Gasteiger partial charge in [-0.15, -0.1) is 0 Å². The molecule has 40 heavy (non-hydrogen) atoms. The Morgan fingerprint density at radius 1 is 1.05 bits per heavy atom. The van der Waals surface area contributed by atoms with Crippen molar-refractivity contribution < 1.29 is 9.53 Å². The monoisotopic (exact) mass is 568 g/mol. The molecule has 0 aliphatic carbocycles. The largest absolute Gasteiger partial charge is 0.497 e. The van der Waals surface area contributed by atoms with Crippen molar-refractivity contribution in [3.8, 4) is 11.4 Å². The molecule has 0 radical (unpaired) electrons. The lowest BCUT2D eigenvalue weighted by Gasteiger charge is -2.14. The van der Waals surface area contributed by atoms with Gasteiger partial charge in [0.15, 0.2) is 5.16 Å². The first kappa shape index (κ1) is 27.1. The van der Waals surface area contributed by atoms with Gasteiger partial charge in [0.2, 0.25) is 5.91 Å². The van der Waals surface area contributed by atoms with Crippen LogP contribution >= 0.6 is 23.4 Å². The molecule has 4 aromatic carbocycles. The van der Waals surface area contributed by atoms with E-state index in [1.54, 1.807) is 66.3 Å². The summed E-state index contributed by atoms with van der Waals surface area (Å²) in [5.74, 6) is 0.927. The fourth-order valence-corrected chi connectivity index (χ4v) is 5.19. The van der Waals surface area contributed by atoms with Gasteiger partial charge in [-0.1, -0.05) is 65.8 Å². The average molecular weight is 569 g/mol. The second-order valence-electron chi connectivity index (χ2n) is 8.84. The van der Waals surface area contributed by atoms with Crippen LogP contribution in [-0.4, -0.2) is 22.6 Å². The third-order valence-electron chi connectivity index (χ3n) is 6.11. The van der Waals surface area contributed by atoms with E-state index in [9.17, 15) is 9.59 Å². The fraction of sp³-hybridized carbons (Fsp3) is 0.0645. The molecule has 0 aliphatic heterocycles. The van der Waals surface area contributed by atoms with Crippen molar-refractivity contribution in [3.05, 3.63) is 124 Å². The topological polar surface area (TPSA) is 99.2 Å². The normalized spacial score (nSPS) is 11.2. The first-order valence-corrected chi connectivity index (χ1v) is 13.7. The minimum atomic E-state index is -0.268. The van der Waals surface area contributed by atoms with Crippen LogP contribution in [0.25, 0.3) is 22.7 Å². The van der Waals surface area contributed by atoms with E-state index in [0.717, 1.165) is 11.1 Å². The first-order chi connectivity index (χ1) is 19.4. The van der Waals surface area contributed by atoms with Crippen LogP contribution < -0.4 is 21.3 Å². The molecule has 0 fully saturated rings. The average Bonchev–Trinajstić information content (AvgIpc) is 2.96. The van der Waals surface area contributed by atoms with Crippen LogP contribution in [0.1, 0.15) is 11.1 Å². The second-order valence-corrected chi connectivity index (χ2v) is 10.2. The third-order valence-corrected chi connectivity index (χ3v) is 7.35. The van der Waals surface area contributed by atoms with Crippen molar-refractivity contribution in [2.24, 2.45) is 0 Å². The van der Waals surface area contributed by atoms with Gasteiger partial charge in [-0.25, -0.2) is 4.98 Å². The number of hydrogen-bond acceptors (Lipinski definition) is 6. The summed E-state index contributed by atoms with van der Waals surface area (Å²) in [4.78, 5) is 30.7. The first-order valence-electron chi connectivity index (χ1n) is 12.3. The Hall–Kier alpha value is -4.53. The van der Waals surface area contributed by atoms with Crippen LogP contribution in [0, 0.1) is 0 Å². The Bertz CT molecular complexity index is 1780. The maximum atomic E-state index is 13.6. The smallest absolute Gasteiger partial charge is 0.266 e. The summed E-state index contributed by atoms with van der Waals surface area (Å²) in [5.41, 5.74) is 9.87. The van der Waals surface area contributed by atoms with Crippen LogP contribution in [0.4, 0.5) is 11.4 Å². The highest BCUT2D eigenvalue weighted by molar-refractivity contribution is 7.98. The third kappa shape index (κ3) is 6.20. The summed E-state index contributed by atoms with van der Waals surface area (Å²) in [6, 6.07) is 27.3. The molecule has 7 nitrogen and oxygen atoms in total. The van der Waals surface area contributed by atoms with Crippen LogP contribution in [0.2, 0.25) is 5.02 Å². The lowest BCUT2D eigenvalue weighted by Crippen LogP contribution is -2.21. The van der Waals surface area contributed by atoms with Gasteiger partial charge in [0, 0.05) is 22.9 Å². The molecule has 0 unspecified atom stereocenters. The molecule has 1 aromatic heterocycles. The van der Waals surface area contributed by atoms with Crippen molar-refractivity contribution >= 4 is 57.6 Å². The number of carbonyl (C=O) groups is 1. The number of benzene rings is 4. The predicted octanol–water partition coefficient (Wildman–Crippen LogP) is 6.57. The maximum Gasteiger partial charge on any atom is 0.266 e. The number of ether oxygens (including phenoxy) is 1. The van der Waals surface area contributed by atoms with Crippen LogP contribution in [0.3, 0.4) is 0 Å². The zero-order chi connectivity index (χ0) is 28.1. The number of nitrogen functional groups attached to an aromatic ring is 1. The number of fused-ring (bicyclic) bond motifs is 1. The van der Waals surface area contributed by atoms with E-state index in [1.165, 1.54) is 17.8 Å². The molecule has 1 heterocycles. The lowest BCUT2D eigenvalue weighted by atomic mass is 10.1. The highest BCUT2D eigenvalue weighted by Gasteiger charge is 2.15. The number of thioether (sulfide) groups is 1. The molecule has 3 N–H and O–H groups in total. The number of rotatable bonds is 8. The highest BCUT2D eigenvalue weighted by Crippen LogP contribution is 2.27. The number of anilines is 2. The summed E-state index contributed by atoms with van der Waals surface area (Å²) >= 11 is 7.69. The molecule has 200 valence electrons. The van der Waals surface area contributed by atoms with E-state index >= 15 is 0 Å². The number of nitrogens with zero attached hydrogens (tertiary/aromatic N) is 2. The van der Waals surface area contributed by atoms with Gasteiger partial charge in [-0.05, 0) is 59.7 Å². The van der Waals surface area contributed by atoms with Crippen molar-refractivity contribution in [3.63, 3.8) is 0 Å². The summed E-state index contributed by atoms with van der Waals surface area (Å²) in [6.45, 7) is 0. The molecule has 5 aromatic rings. The molecule has 0 saturated heterocycles. The van der Waals surface area contributed by atoms with Crippen LogP contribution in [0.5, 0.6) is 5.75 Å². The number of nitrogens with one attached hydrogen (secondary N) is 1. The number of nitrogens with two attached hydrogens (primary N) is 1. The molecule has 1 amide bonds. The summed E-state index contributed by atoms with van der Waals surface area (Å²) in [7, 11) is 1.58. The van der Waals surface area contributed by atoms with Gasteiger partial charge < -0.3 is 15.8 Å². The van der Waals surface area contributed by atoms with E-state index < -0.39 is 0 Å². The number of carbonyl (C=O) groups excluding carboxylic acids is 1. The van der Waals surface area contributed by atoms with Crippen molar-refractivity contribution in [2.45, 2.75) is 10.9 Å². The molecule has 0 spiro atoms. The molecule has 0 bridgehead atoms. The number of aromatic nitrogens is 2. The minimum Gasteiger partial charge on any atom is -0.497 e. The lowest BCUT2D eigenvalue weighted by molar-refractivity contribution is -0.111. The van der Waals surface area contributed by atoms with Gasteiger partial charge in [-0.2, -0.15) is 0 Å². The Balaban J connectivity index is 1.36. The van der Waals surface area contributed by atoms with Gasteiger partial charge in [-0.3, -0.25) is 14.2 Å². The second kappa shape index (κ2) is 12.1. The number of methoxy groups -OCH3 is 1. The van der Waals surface area contributed by atoms with Crippen molar-refractivity contribution in [1.82, 2.24) is 9.55 Å². The fourth-order valence-electron chi connectivity index (χ4n) is 4.04. The summed E-state index contributed by atoms with van der Waals surface area (Å²) in [5, 5.41) is 4.32. The van der Waals surface area contributed by atoms with Gasteiger partial charge in [0.1, 0.15) is 5.75 Å². The number of para-hydroxylation sites is 2. The van der Waals surface area contributed by atoms with Gasteiger partial charge in [0.05, 0.1) is 35.1 Å². The molecule has 0 atom stereocenters. The zero-order valence-electron chi connectivity index (χ0n) is 21.5. The molecular weight excluding hydrogens is 544 g/mol. The Morgan fingerprint density at radius 3 is 2.60 bits per heavy atom. The van der Waals surface area contributed by atoms with E-state index in [0.29, 0.717) is 49.6 Å². The van der Waals surface area contributed by atoms with Crippen molar-refractivity contribution in [2.75, 3.05) is 18.2 Å². The SMILES string of the molecule is COc1ccc2c(=O)n(-c3cccc(Cl)c3)c(SCc3ccc(/C=C/C(=O)Nc4ccccc4N)cc3)nc2c1. The number of hydrogen-bond donors (Lipinski definition) is 2.